The minimum atomic E-state index is 0.126. The van der Waals surface area contributed by atoms with Crippen molar-refractivity contribution in [2.75, 3.05) is 0 Å². The summed E-state index contributed by atoms with van der Waals surface area (Å²) in [6.45, 7) is 8.16. The monoisotopic (exact) mass is 321 g/mol. The number of rotatable bonds is 5. The number of hydrogen-bond acceptors (Lipinski definition) is 3. The molecule has 2 N–H and O–H groups in total. The first-order chi connectivity index (χ1) is 11.6. The predicted molar refractivity (Wildman–Crippen MR) is 98.0 cm³/mol. The summed E-state index contributed by atoms with van der Waals surface area (Å²) < 4.78 is 0. The van der Waals surface area contributed by atoms with Gasteiger partial charge in [-0.25, -0.2) is 0 Å². The van der Waals surface area contributed by atoms with Gasteiger partial charge in [0.05, 0.1) is 11.3 Å². The summed E-state index contributed by atoms with van der Waals surface area (Å²) in [6, 6.07) is 7.53. The minimum absolute atomic E-state index is 0.126. The Morgan fingerprint density at radius 2 is 1.79 bits per heavy atom. The van der Waals surface area contributed by atoms with Gasteiger partial charge in [0.2, 0.25) is 0 Å². The Hall–Kier alpha value is -2.55. The summed E-state index contributed by atoms with van der Waals surface area (Å²) in [5.41, 5.74) is 5.04. The number of fused-ring (bicyclic) bond motifs is 1. The van der Waals surface area contributed by atoms with Gasteiger partial charge < -0.3 is 10.2 Å². The number of aromatic nitrogens is 1. The molecule has 1 aliphatic rings. The molecule has 0 saturated heterocycles. The number of aromatic hydroxyl groups is 2. The summed E-state index contributed by atoms with van der Waals surface area (Å²) in [4.78, 5) is 4.29. The number of phenols is 2. The van der Waals surface area contributed by atoms with E-state index in [1.807, 2.05) is 18.2 Å². The van der Waals surface area contributed by atoms with Gasteiger partial charge in [-0.15, -0.1) is 0 Å². The van der Waals surface area contributed by atoms with E-state index in [4.69, 9.17) is 0 Å². The van der Waals surface area contributed by atoms with E-state index < -0.39 is 0 Å². The Balaban J connectivity index is 1.77. The Labute approximate surface area is 143 Å². The summed E-state index contributed by atoms with van der Waals surface area (Å²) in [5, 5.41) is 21.0. The lowest BCUT2D eigenvalue weighted by Gasteiger charge is -2.21. The molecule has 0 unspecified atom stereocenters. The minimum Gasteiger partial charge on any atom is -0.507 e. The van der Waals surface area contributed by atoms with E-state index in [2.05, 4.69) is 18.1 Å². The highest BCUT2D eigenvalue weighted by Crippen LogP contribution is 2.42. The van der Waals surface area contributed by atoms with Gasteiger partial charge in [-0.1, -0.05) is 19.2 Å². The first-order valence-corrected chi connectivity index (χ1v) is 8.42. The normalized spacial score (nSPS) is 13.3. The second kappa shape index (κ2) is 6.91. The van der Waals surface area contributed by atoms with E-state index in [-0.39, 0.29) is 11.5 Å². The molecule has 2 aromatic rings. The van der Waals surface area contributed by atoms with E-state index >= 15 is 0 Å². The molecule has 0 bridgehead atoms. The van der Waals surface area contributed by atoms with Crippen molar-refractivity contribution in [2.45, 2.75) is 38.5 Å². The van der Waals surface area contributed by atoms with Crippen LogP contribution in [0.3, 0.4) is 0 Å². The molecule has 1 aliphatic carbocycles. The van der Waals surface area contributed by atoms with Crippen LogP contribution in [-0.2, 0) is 12.8 Å². The largest absolute Gasteiger partial charge is 0.507 e. The summed E-state index contributed by atoms with van der Waals surface area (Å²) >= 11 is 0. The van der Waals surface area contributed by atoms with Crippen molar-refractivity contribution in [3.8, 4) is 11.5 Å². The van der Waals surface area contributed by atoms with Crippen LogP contribution in [0.1, 0.15) is 48.1 Å². The van der Waals surface area contributed by atoms with Gasteiger partial charge in [0.25, 0.3) is 0 Å². The van der Waals surface area contributed by atoms with Crippen LogP contribution >= 0.6 is 0 Å². The highest BCUT2D eigenvalue weighted by atomic mass is 16.3. The number of pyridine rings is 1. The molecule has 24 heavy (non-hydrogen) atoms. The fourth-order valence-electron chi connectivity index (χ4n) is 3.34. The number of phenolic OH excluding ortho intramolecular Hbond substituents is 2. The van der Waals surface area contributed by atoms with E-state index in [1.54, 1.807) is 12.3 Å². The molecular formula is C21H23NO2. The molecule has 0 spiro atoms. The third kappa shape index (κ3) is 3.21. The van der Waals surface area contributed by atoms with Crippen molar-refractivity contribution in [3.05, 3.63) is 66.0 Å². The van der Waals surface area contributed by atoms with Crippen LogP contribution in [0.5, 0.6) is 11.5 Å². The van der Waals surface area contributed by atoms with Crippen molar-refractivity contribution in [3.63, 3.8) is 0 Å². The summed E-state index contributed by atoms with van der Waals surface area (Å²) in [6.07, 6.45) is 7.02. The lowest BCUT2D eigenvalue weighted by atomic mass is 9.86. The molecule has 1 aromatic carbocycles. The van der Waals surface area contributed by atoms with Crippen molar-refractivity contribution in [1.29, 1.82) is 0 Å². The van der Waals surface area contributed by atoms with Crippen LogP contribution in [0, 0.1) is 0 Å². The van der Waals surface area contributed by atoms with Crippen LogP contribution in [0.15, 0.2) is 43.6 Å². The smallest absolute Gasteiger partial charge is 0.130 e. The molecular weight excluding hydrogens is 298 g/mol. The maximum atomic E-state index is 10.6. The van der Waals surface area contributed by atoms with E-state index in [9.17, 15) is 10.2 Å². The van der Waals surface area contributed by atoms with Gasteiger partial charge >= 0.3 is 0 Å². The summed E-state index contributed by atoms with van der Waals surface area (Å²) in [5.74, 6) is 0.333. The SMILES string of the molecule is C=C(CCC(=C)c1c(O)cc2c(c1O)CCCC2)c1ccccn1. The Bertz CT molecular complexity index is 778. The van der Waals surface area contributed by atoms with Crippen LogP contribution in [0.25, 0.3) is 11.1 Å². The molecule has 0 aliphatic heterocycles. The average molecular weight is 321 g/mol. The third-order valence-electron chi connectivity index (χ3n) is 4.71. The third-order valence-corrected chi connectivity index (χ3v) is 4.71. The Morgan fingerprint density at radius 3 is 2.54 bits per heavy atom. The van der Waals surface area contributed by atoms with Crippen LogP contribution < -0.4 is 0 Å². The molecule has 0 saturated carbocycles. The zero-order valence-corrected chi connectivity index (χ0v) is 13.9. The molecule has 1 heterocycles. The summed E-state index contributed by atoms with van der Waals surface area (Å²) in [7, 11) is 0. The fraction of sp³-hybridized carbons (Fsp3) is 0.286. The maximum Gasteiger partial charge on any atom is 0.130 e. The molecule has 0 atom stereocenters. The van der Waals surface area contributed by atoms with Gasteiger partial charge in [0.1, 0.15) is 11.5 Å². The number of aryl methyl sites for hydroxylation is 1. The number of hydrogen-bond donors (Lipinski definition) is 2. The molecule has 3 heteroatoms. The number of benzene rings is 1. The zero-order chi connectivity index (χ0) is 17.1. The number of allylic oxidation sites excluding steroid dienone is 2. The topological polar surface area (TPSA) is 53.4 Å². The van der Waals surface area contributed by atoms with E-state index in [1.165, 1.54) is 0 Å². The molecule has 0 fully saturated rings. The lowest BCUT2D eigenvalue weighted by molar-refractivity contribution is 0.437. The van der Waals surface area contributed by atoms with Crippen LogP contribution in [0.4, 0.5) is 0 Å². The molecule has 0 amide bonds. The van der Waals surface area contributed by atoms with Crippen molar-refractivity contribution in [1.82, 2.24) is 4.98 Å². The molecule has 1 aromatic heterocycles. The average Bonchev–Trinajstić information content (AvgIpc) is 2.60. The standard InChI is InChI=1S/C21H23NO2/c1-14(18-9-5-6-12-22-18)10-11-15(2)20-19(23)13-16-7-3-4-8-17(16)21(20)24/h5-6,9,12-13,23-24H,1-4,7-8,10-11H2. The van der Waals surface area contributed by atoms with Crippen LogP contribution in [-0.4, -0.2) is 15.2 Å². The molecule has 0 radical (unpaired) electrons. The van der Waals surface area contributed by atoms with E-state index in [0.29, 0.717) is 18.4 Å². The second-order valence-corrected chi connectivity index (χ2v) is 6.39. The van der Waals surface area contributed by atoms with Crippen molar-refractivity contribution < 1.29 is 10.2 Å². The molecule has 124 valence electrons. The van der Waals surface area contributed by atoms with Gasteiger partial charge in [-0.05, 0) is 79.0 Å². The van der Waals surface area contributed by atoms with Crippen molar-refractivity contribution >= 4 is 11.1 Å². The first kappa shape index (κ1) is 16.3. The molecule has 3 nitrogen and oxygen atoms in total. The highest BCUT2D eigenvalue weighted by Gasteiger charge is 2.21. The predicted octanol–water partition coefficient (Wildman–Crippen LogP) is 4.88. The Morgan fingerprint density at radius 1 is 1.04 bits per heavy atom. The first-order valence-electron chi connectivity index (χ1n) is 8.42. The molecule has 3 rings (SSSR count). The van der Waals surface area contributed by atoms with Crippen molar-refractivity contribution in [2.24, 2.45) is 0 Å². The van der Waals surface area contributed by atoms with Gasteiger partial charge in [-0.2, -0.15) is 0 Å². The second-order valence-electron chi connectivity index (χ2n) is 6.39. The van der Waals surface area contributed by atoms with Crippen LogP contribution in [0.2, 0.25) is 0 Å². The quantitative estimate of drug-likeness (QED) is 0.825. The number of nitrogens with zero attached hydrogens (tertiary/aromatic N) is 1. The van der Waals surface area contributed by atoms with Gasteiger partial charge in [0.15, 0.2) is 0 Å². The maximum absolute atomic E-state index is 10.6. The lowest BCUT2D eigenvalue weighted by Crippen LogP contribution is -2.04. The van der Waals surface area contributed by atoms with Gasteiger partial charge in [-0.3, -0.25) is 4.98 Å². The fourth-order valence-corrected chi connectivity index (χ4v) is 3.34. The highest BCUT2D eigenvalue weighted by molar-refractivity contribution is 5.77. The Kier molecular flexibility index (Phi) is 4.70. The van der Waals surface area contributed by atoms with Gasteiger partial charge in [0, 0.05) is 6.20 Å². The zero-order valence-electron chi connectivity index (χ0n) is 13.9. The van der Waals surface area contributed by atoms with E-state index in [0.717, 1.165) is 53.7 Å².